The molecule has 0 aromatic rings. The Kier molecular flexibility index (Phi) is 6.24. The monoisotopic (exact) mass is 154 g/mol. The number of allylic oxidation sites excluding steroid dienone is 2. The molecule has 0 aliphatic rings. The van der Waals surface area contributed by atoms with Crippen molar-refractivity contribution < 1.29 is 5.11 Å². The molecule has 1 heteroatoms. The third-order valence-electron chi connectivity index (χ3n) is 1.75. The number of rotatable bonds is 5. The van der Waals surface area contributed by atoms with Gasteiger partial charge in [0.15, 0.2) is 0 Å². The second-order valence-corrected chi connectivity index (χ2v) is 3.14. The van der Waals surface area contributed by atoms with Crippen LogP contribution >= 0.6 is 0 Å². The molecular weight excluding hydrogens is 136 g/mol. The SMILES string of the molecule is [CH]/C(C)=C/CCC(C)CCO. The summed E-state index contributed by atoms with van der Waals surface area (Å²) in [5.41, 5.74) is 0.890. The minimum atomic E-state index is 0.298. The van der Waals surface area contributed by atoms with Gasteiger partial charge < -0.3 is 5.11 Å². The first-order valence-corrected chi connectivity index (χ1v) is 4.20. The number of aliphatic hydroxyl groups excluding tert-OH is 1. The van der Waals surface area contributed by atoms with Gasteiger partial charge in [0, 0.05) is 6.61 Å². The molecule has 0 amide bonds. The van der Waals surface area contributed by atoms with E-state index in [1.54, 1.807) is 0 Å². The summed E-state index contributed by atoms with van der Waals surface area (Å²) in [4.78, 5) is 0. The van der Waals surface area contributed by atoms with Crippen LogP contribution in [0.15, 0.2) is 11.6 Å². The van der Waals surface area contributed by atoms with Crippen molar-refractivity contribution >= 4 is 0 Å². The molecule has 0 aromatic heterocycles. The van der Waals surface area contributed by atoms with Gasteiger partial charge >= 0.3 is 0 Å². The van der Waals surface area contributed by atoms with E-state index in [9.17, 15) is 0 Å². The van der Waals surface area contributed by atoms with E-state index >= 15 is 0 Å². The third kappa shape index (κ3) is 7.60. The van der Waals surface area contributed by atoms with E-state index in [1.807, 2.05) is 13.0 Å². The van der Waals surface area contributed by atoms with Crippen molar-refractivity contribution in [2.45, 2.75) is 33.1 Å². The molecule has 0 bridgehead atoms. The molecule has 1 nitrogen and oxygen atoms in total. The molecule has 0 aliphatic heterocycles. The van der Waals surface area contributed by atoms with Crippen LogP contribution < -0.4 is 0 Å². The molecule has 0 aromatic carbocycles. The van der Waals surface area contributed by atoms with Crippen LogP contribution in [-0.4, -0.2) is 11.7 Å². The Balaban J connectivity index is 3.31. The molecule has 0 saturated heterocycles. The Labute approximate surface area is 70.1 Å². The molecule has 0 rings (SSSR count). The lowest BCUT2D eigenvalue weighted by Crippen LogP contribution is -1.96. The maximum absolute atomic E-state index is 8.61. The maximum atomic E-state index is 8.61. The summed E-state index contributed by atoms with van der Waals surface area (Å²) in [7, 11) is 0. The standard InChI is InChI=1S/C10H18O/c1-9(2)5-4-6-10(3)7-8-11/h1,5,10-11H,4,6-8H2,2-3H3/b9-5-. The molecule has 1 unspecified atom stereocenters. The molecule has 64 valence electrons. The first kappa shape index (κ1) is 10.7. The van der Waals surface area contributed by atoms with Crippen LogP contribution in [0.3, 0.4) is 0 Å². The van der Waals surface area contributed by atoms with Crippen molar-refractivity contribution in [3.8, 4) is 0 Å². The van der Waals surface area contributed by atoms with Gasteiger partial charge in [0.05, 0.1) is 0 Å². The van der Waals surface area contributed by atoms with E-state index in [1.165, 1.54) is 0 Å². The van der Waals surface area contributed by atoms with Gasteiger partial charge in [0.1, 0.15) is 0 Å². The zero-order chi connectivity index (χ0) is 8.69. The third-order valence-corrected chi connectivity index (χ3v) is 1.75. The van der Waals surface area contributed by atoms with Gasteiger partial charge in [-0.25, -0.2) is 0 Å². The topological polar surface area (TPSA) is 20.2 Å². The van der Waals surface area contributed by atoms with E-state index in [4.69, 9.17) is 12.0 Å². The van der Waals surface area contributed by atoms with Crippen LogP contribution in [0.4, 0.5) is 0 Å². The van der Waals surface area contributed by atoms with Crippen LogP contribution in [0.25, 0.3) is 0 Å². The van der Waals surface area contributed by atoms with Gasteiger partial charge in [-0.05, 0) is 39.0 Å². The normalized spacial score (nSPS) is 15.1. The van der Waals surface area contributed by atoms with E-state index < -0.39 is 0 Å². The minimum absolute atomic E-state index is 0.298. The summed E-state index contributed by atoms with van der Waals surface area (Å²) in [6.45, 7) is 9.81. The Bertz CT molecular complexity index is 112. The van der Waals surface area contributed by atoms with Crippen LogP contribution in [0, 0.1) is 12.8 Å². The highest BCUT2D eigenvalue weighted by Crippen LogP contribution is 2.10. The molecule has 2 radical (unpaired) electrons. The summed E-state index contributed by atoms with van der Waals surface area (Å²) < 4.78 is 0. The highest BCUT2D eigenvalue weighted by molar-refractivity contribution is 5.00. The molecule has 0 heterocycles. The average molecular weight is 154 g/mol. The molecule has 1 N–H and O–H groups in total. The van der Waals surface area contributed by atoms with Crippen molar-refractivity contribution in [1.82, 2.24) is 0 Å². The van der Waals surface area contributed by atoms with Gasteiger partial charge in [0.25, 0.3) is 0 Å². The smallest absolute Gasteiger partial charge is 0.0433 e. The summed E-state index contributed by atoms with van der Waals surface area (Å²) in [6, 6.07) is 0. The summed E-state index contributed by atoms with van der Waals surface area (Å²) in [6.07, 6.45) is 5.09. The Morgan fingerprint density at radius 2 is 2.18 bits per heavy atom. The molecular formula is C10H18O. The van der Waals surface area contributed by atoms with Gasteiger partial charge in [0.2, 0.25) is 0 Å². The van der Waals surface area contributed by atoms with Crippen molar-refractivity contribution in [2.75, 3.05) is 6.61 Å². The zero-order valence-corrected chi connectivity index (χ0v) is 7.51. The van der Waals surface area contributed by atoms with Gasteiger partial charge in [-0.3, -0.25) is 0 Å². The van der Waals surface area contributed by atoms with E-state index in [2.05, 4.69) is 6.92 Å². The van der Waals surface area contributed by atoms with Crippen molar-refractivity contribution in [1.29, 1.82) is 0 Å². The first-order chi connectivity index (χ1) is 5.16. The lowest BCUT2D eigenvalue weighted by atomic mass is 10.0. The molecule has 0 aliphatic carbocycles. The Morgan fingerprint density at radius 3 is 2.64 bits per heavy atom. The lowest BCUT2D eigenvalue weighted by molar-refractivity contribution is 0.259. The summed E-state index contributed by atoms with van der Waals surface area (Å²) in [5, 5.41) is 8.61. The summed E-state index contributed by atoms with van der Waals surface area (Å²) in [5.74, 6) is 0.607. The highest BCUT2D eigenvalue weighted by atomic mass is 16.2. The number of hydrogen-bond acceptors (Lipinski definition) is 1. The number of hydrogen-bond donors (Lipinski definition) is 1. The van der Waals surface area contributed by atoms with Gasteiger partial charge in [-0.2, -0.15) is 0 Å². The van der Waals surface area contributed by atoms with Gasteiger partial charge in [-0.1, -0.05) is 18.6 Å². The maximum Gasteiger partial charge on any atom is 0.0433 e. The highest BCUT2D eigenvalue weighted by Gasteiger charge is 1.98. The lowest BCUT2D eigenvalue weighted by Gasteiger charge is -2.06. The fourth-order valence-corrected chi connectivity index (χ4v) is 0.960. The molecule has 11 heavy (non-hydrogen) atoms. The molecule has 1 atom stereocenters. The van der Waals surface area contributed by atoms with Gasteiger partial charge in [-0.15, -0.1) is 0 Å². The van der Waals surface area contributed by atoms with E-state index in [-0.39, 0.29) is 0 Å². The van der Waals surface area contributed by atoms with Crippen LogP contribution in [0.5, 0.6) is 0 Å². The zero-order valence-electron chi connectivity index (χ0n) is 7.51. The predicted octanol–water partition coefficient (Wildman–Crippen LogP) is 2.44. The number of aliphatic hydroxyl groups is 1. The van der Waals surface area contributed by atoms with Crippen LogP contribution in [-0.2, 0) is 0 Å². The van der Waals surface area contributed by atoms with E-state index in [0.717, 1.165) is 24.8 Å². The first-order valence-electron chi connectivity index (χ1n) is 4.20. The van der Waals surface area contributed by atoms with Crippen molar-refractivity contribution in [3.05, 3.63) is 18.6 Å². The fraction of sp³-hybridized carbons (Fsp3) is 0.700. The average Bonchev–Trinajstić information content (AvgIpc) is 1.87. The minimum Gasteiger partial charge on any atom is -0.396 e. The van der Waals surface area contributed by atoms with Crippen molar-refractivity contribution in [2.24, 2.45) is 5.92 Å². The largest absolute Gasteiger partial charge is 0.396 e. The fourth-order valence-electron chi connectivity index (χ4n) is 0.960. The summed E-state index contributed by atoms with van der Waals surface area (Å²) >= 11 is 0. The Morgan fingerprint density at radius 1 is 1.55 bits per heavy atom. The molecule has 0 spiro atoms. The van der Waals surface area contributed by atoms with Crippen LogP contribution in [0.1, 0.15) is 33.1 Å². The second-order valence-electron chi connectivity index (χ2n) is 3.14. The Hall–Kier alpha value is -0.300. The quantitative estimate of drug-likeness (QED) is 0.645. The molecule has 0 saturated carbocycles. The second kappa shape index (κ2) is 6.41. The predicted molar refractivity (Wildman–Crippen MR) is 48.2 cm³/mol. The van der Waals surface area contributed by atoms with Crippen LogP contribution in [0.2, 0.25) is 0 Å². The molecule has 0 fully saturated rings. The van der Waals surface area contributed by atoms with Crippen molar-refractivity contribution in [3.63, 3.8) is 0 Å². The van der Waals surface area contributed by atoms with E-state index in [0.29, 0.717) is 12.5 Å².